The molecule has 0 unspecified atom stereocenters. The summed E-state index contributed by atoms with van der Waals surface area (Å²) in [4.78, 5) is 30.5. The average molecular weight is 478 g/mol. The molecule has 2 aromatic carbocycles. The molecular formula is C25H27N5O3S. The van der Waals surface area contributed by atoms with Crippen molar-refractivity contribution in [3.05, 3.63) is 77.0 Å². The molecule has 0 spiro atoms. The van der Waals surface area contributed by atoms with Crippen molar-refractivity contribution in [2.45, 2.75) is 39.3 Å². The molecule has 2 aromatic heterocycles. The Morgan fingerprint density at radius 1 is 1.06 bits per heavy atom. The van der Waals surface area contributed by atoms with Crippen LogP contribution in [0.3, 0.4) is 0 Å². The van der Waals surface area contributed by atoms with Gasteiger partial charge in [-0.05, 0) is 45.4 Å². The Labute approximate surface area is 201 Å². The van der Waals surface area contributed by atoms with Crippen LogP contribution >= 0.6 is 11.3 Å². The van der Waals surface area contributed by atoms with Crippen LogP contribution in [0.25, 0.3) is 10.3 Å². The number of fused-ring (bicyclic) bond motifs is 1. The van der Waals surface area contributed by atoms with E-state index in [1.807, 2.05) is 70.2 Å². The van der Waals surface area contributed by atoms with Crippen molar-refractivity contribution < 1.29 is 14.7 Å². The lowest BCUT2D eigenvalue weighted by Gasteiger charge is -2.19. The normalized spacial score (nSPS) is 12.5. The summed E-state index contributed by atoms with van der Waals surface area (Å²) in [5, 5.41) is 20.5. The molecule has 3 N–H and O–H groups in total. The number of anilines is 1. The van der Waals surface area contributed by atoms with Gasteiger partial charge in [0, 0.05) is 5.56 Å². The Morgan fingerprint density at radius 2 is 1.74 bits per heavy atom. The molecule has 0 bridgehead atoms. The zero-order valence-electron chi connectivity index (χ0n) is 19.5. The highest BCUT2D eigenvalue weighted by Gasteiger charge is 2.28. The van der Waals surface area contributed by atoms with Crippen LogP contribution in [0.2, 0.25) is 0 Å². The third kappa shape index (κ3) is 4.85. The Balaban J connectivity index is 1.66. The van der Waals surface area contributed by atoms with E-state index in [1.54, 1.807) is 16.8 Å². The average Bonchev–Trinajstić information content (AvgIpc) is 3.36. The number of amides is 2. The monoisotopic (exact) mass is 477 g/mol. The van der Waals surface area contributed by atoms with Gasteiger partial charge in [0.05, 0.1) is 18.2 Å². The second kappa shape index (κ2) is 9.36. The van der Waals surface area contributed by atoms with Gasteiger partial charge in [0.2, 0.25) is 0 Å². The molecular weight excluding hydrogens is 450 g/mol. The van der Waals surface area contributed by atoms with Gasteiger partial charge in [0.25, 0.3) is 11.8 Å². The number of aromatic nitrogens is 3. The topological polar surface area (TPSA) is 109 Å². The zero-order valence-corrected chi connectivity index (χ0v) is 20.3. The first kappa shape index (κ1) is 23.6. The summed E-state index contributed by atoms with van der Waals surface area (Å²) in [6.45, 7) is 7.60. The van der Waals surface area contributed by atoms with Crippen LogP contribution in [0.5, 0.6) is 0 Å². The molecule has 0 saturated carbocycles. The SMILES string of the molecule is Cc1ccc(C(=O)Nc2nc3c(s2)c(C(=O)N[C@@H](CO)c2ccccc2)nn3C(C)(C)C)cc1. The van der Waals surface area contributed by atoms with E-state index in [0.29, 0.717) is 21.0 Å². The van der Waals surface area contributed by atoms with E-state index in [0.717, 1.165) is 11.1 Å². The van der Waals surface area contributed by atoms with Crippen LogP contribution < -0.4 is 10.6 Å². The second-order valence-corrected chi connectivity index (χ2v) is 10.0. The maximum absolute atomic E-state index is 13.2. The molecule has 0 aliphatic heterocycles. The highest BCUT2D eigenvalue weighted by molar-refractivity contribution is 7.22. The van der Waals surface area contributed by atoms with Gasteiger partial charge in [0.1, 0.15) is 4.70 Å². The van der Waals surface area contributed by atoms with Crippen molar-refractivity contribution in [2.75, 3.05) is 11.9 Å². The van der Waals surface area contributed by atoms with Crippen LogP contribution in [0.1, 0.15) is 58.8 Å². The summed E-state index contributed by atoms with van der Waals surface area (Å²) in [5.74, 6) is -0.696. The number of nitrogens with one attached hydrogen (secondary N) is 2. The number of hydrogen-bond acceptors (Lipinski definition) is 6. The van der Waals surface area contributed by atoms with Gasteiger partial charge in [-0.1, -0.05) is 59.4 Å². The molecule has 176 valence electrons. The summed E-state index contributed by atoms with van der Waals surface area (Å²) in [5.41, 5.74) is 2.65. The van der Waals surface area contributed by atoms with Crippen molar-refractivity contribution >= 4 is 38.6 Å². The third-order valence-electron chi connectivity index (χ3n) is 5.30. The van der Waals surface area contributed by atoms with E-state index in [4.69, 9.17) is 0 Å². The summed E-state index contributed by atoms with van der Waals surface area (Å²) < 4.78 is 2.25. The number of hydrogen-bond donors (Lipinski definition) is 3. The standard InChI is InChI=1S/C25H27N5O3S/c1-15-10-12-17(13-11-15)22(32)28-24-27-21-20(34-24)19(29-30(21)25(2,3)4)23(33)26-18(14-31)16-8-6-5-7-9-16/h5-13,18,31H,14H2,1-4H3,(H,26,33)(H,27,28,32)/t18-/m0/s1. The Kier molecular flexibility index (Phi) is 6.49. The highest BCUT2D eigenvalue weighted by atomic mass is 32.1. The number of carbonyl (C=O) groups excluding carboxylic acids is 2. The van der Waals surface area contributed by atoms with Gasteiger partial charge in [-0.3, -0.25) is 14.9 Å². The fourth-order valence-corrected chi connectivity index (χ4v) is 4.42. The summed E-state index contributed by atoms with van der Waals surface area (Å²) >= 11 is 1.20. The fourth-order valence-electron chi connectivity index (χ4n) is 3.49. The van der Waals surface area contributed by atoms with Crippen LogP contribution in [0, 0.1) is 6.92 Å². The first-order valence-electron chi connectivity index (χ1n) is 10.9. The van der Waals surface area contributed by atoms with E-state index in [9.17, 15) is 14.7 Å². The van der Waals surface area contributed by atoms with E-state index in [-0.39, 0.29) is 18.2 Å². The minimum Gasteiger partial charge on any atom is -0.394 e. The number of aliphatic hydroxyl groups excluding tert-OH is 1. The Hall–Kier alpha value is -3.56. The minimum absolute atomic E-state index is 0.202. The van der Waals surface area contributed by atoms with Gasteiger partial charge in [-0.15, -0.1) is 0 Å². The van der Waals surface area contributed by atoms with Crippen molar-refractivity contribution in [3.63, 3.8) is 0 Å². The lowest BCUT2D eigenvalue weighted by molar-refractivity contribution is 0.0910. The number of aryl methyl sites for hydroxylation is 1. The minimum atomic E-state index is -0.572. The summed E-state index contributed by atoms with van der Waals surface area (Å²) in [6, 6.07) is 15.9. The Morgan fingerprint density at radius 3 is 2.35 bits per heavy atom. The molecule has 0 radical (unpaired) electrons. The van der Waals surface area contributed by atoms with Crippen molar-refractivity contribution in [1.82, 2.24) is 20.1 Å². The molecule has 0 aliphatic carbocycles. The second-order valence-electron chi connectivity index (χ2n) is 9.04. The molecule has 2 heterocycles. The van der Waals surface area contributed by atoms with Crippen LogP contribution in [0.15, 0.2) is 54.6 Å². The molecule has 34 heavy (non-hydrogen) atoms. The molecule has 9 heteroatoms. The van der Waals surface area contributed by atoms with Crippen LogP contribution in [0.4, 0.5) is 5.13 Å². The predicted molar refractivity (Wildman–Crippen MR) is 133 cm³/mol. The fraction of sp³-hybridized carbons (Fsp3) is 0.280. The number of aliphatic hydroxyl groups is 1. The molecule has 8 nitrogen and oxygen atoms in total. The van der Waals surface area contributed by atoms with Crippen molar-refractivity contribution in [3.8, 4) is 0 Å². The maximum atomic E-state index is 13.2. The first-order valence-corrected chi connectivity index (χ1v) is 11.7. The van der Waals surface area contributed by atoms with E-state index in [1.165, 1.54) is 11.3 Å². The van der Waals surface area contributed by atoms with Gasteiger partial charge < -0.3 is 10.4 Å². The van der Waals surface area contributed by atoms with Crippen LogP contribution in [-0.4, -0.2) is 38.3 Å². The number of nitrogens with zero attached hydrogens (tertiary/aromatic N) is 3. The largest absolute Gasteiger partial charge is 0.394 e. The van der Waals surface area contributed by atoms with E-state index < -0.39 is 17.5 Å². The number of rotatable bonds is 6. The molecule has 0 aliphatic rings. The third-order valence-corrected chi connectivity index (χ3v) is 6.27. The highest BCUT2D eigenvalue weighted by Crippen LogP contribution is 2.32. The first-order chi connectivity index (χ1) is 16.2. The van der Waals surface area contributed by atoms with Gasteiger partial charge in [0.15, 0.2) is 16.5 Å². The molecule has 2 amide bonds. The maximum Gasteiger partial charge on any atom is 0.273 e. The molecule has 4 aromatic rings. The molecule has 1 atom stereocenters. The lowest BCUT2D eigenvalue weighted by atomic mass is 10.1. The number of benzene rings is 2. The molecule has 0 saturated heterocycles. The van der Waals surface area contributed by atoms with E-state index in [2.05, 4.69) is 20.7 Å². The quantitative estimate of drug-likeness (QED) is 0.384. The number of thiazole rings is 1. The smallest absolute Gasteiger partial charge is 0.273 e. The summed E-state index contributed by atoms with van der Waals surface area (Å²) in [7, 11) is 0. The zero-order chi connectivity index (χ0) is 24.5. The van der Waals surface area contributed by atoms with Crippen LogP contribution in [-0.2, 0) is 5.54 Å². The van der Waals surface area contributed by atoms with E-state index >= 15 is 0 Å². The molecule has 4 rings (SSSR count). The number of carbonyl (C=O) groups is 2. The lowest BCUT2D eigenvalue weighted by Crippen LogP contribution is -2.31. The van der Waals surface area contributed by atoms with Gasteiger partial charge in [-0.2, -0.15) is 10.1 Å². The van der Waals surface area contributed by atoms with Gasteiger partial charge >= 0.3 is 0 Å². The summed E-state index contributed by atoms with van der Waals surface area (Å²) in [6.07, 6.45) is 0. The van der Waals surface area contributed by atoms with Crippen molar-refractivity contribution in [1.29, 1.82) is 0 Å². The van der Waals surface area contributed by atoms with Gasteiger partial charge in [-0.25, -0.2) is 4.68 Å². The van der Waals surface area contributed by atoms with Crippen molar-refractivity contribution in [2.24, 2.45) is 0 Å². The molecule has 0 fully saturated rings. The predicted octanol–water partition coefficient (Wildman–Crippen LogP) is 4.27. The Bertz CT molecular complexity index is 1320.